The van der Waals surface area contributed by atoms with Crippen molar-refractivity contribution in [1.82, 2.24) is 10.2 Å². The highest BCUT2D eigenvalue weighted by atomic mass is 32.2. The number of nitrogens with one attached hydrogen (secondary N) is 1. The SMILES string of the molecule is C[C@@H]1CCSCCN1C(=O)NCCCOCC(F)(F)F. The molecule has 1 atom stereocenters. The van der Waals surface area contributed by atoms with Crippen LogP contribution in [0.3, 0.4) is 0 Å². The number of thioether (sulfide) groups is 1. The first-order chi connectivity index (χ1) is 9.40. The summed E-state index contributed by atoms with van der Waals surface area (Å²) in [6.45, 7) is 1.81. The Labute approximate surface area is 121 Å². The van der Waals surface area contributed by atoms with Crippen molar-refractivity contribution in [3.8, 4) is 0 Å². The van der Waals surface area contributed by atoms with Gasteiger partial charge in [0.05, 0.1) is 0 Å². The van der Waals surface area contributed by atoms with Crippen LogP contribution < -0.4 is 5.32 Å². The second kappa shape index (κ2) is 8.61. The fraction of sp³-hybridized carbons (Fsp3) is 0.917. The fourth-order valence-corrected chi connectivity index (χ4v) is 2.89. The highest BCUT2D eigenvalue weighted by Crippen LogP contribution is 2.16. The third kappa shape index (κ3) is 7.23. The summed E-state index contributed by atoms with van der Waals surface area (Å²) in [5.74, 6) is 1.97. The first-order valence-corrected chi connectivity index (χ1v) is 7.82. The molecule has 1 saturated heterocycles. The van der Waals surface area contributed by atoms with Gasteiger partial charge in [-0.3, -0.25) is 0 Å². The van der Waals surface area contributed by atoms with E-state index < -0.39 is 12.8 Å². The van der Waals surface area contributed by atoms with E-state index >= 15 is 0 Å². The van der Waals surface area contributed by atoms with Crippen molar-refractivity contribution in [3.05, 3.63) is 0 Å². The third-order valence-corrected chi connectivity index (χ3v) is 3.95. The van der Waals surface area contributed by atoms with E-state index in [1.807, 2.05) is 18.7 Å². The van der Waals surface area contributed by atoms with Crippen LogP contribution >= 0.6 is 11.8 Å². The molecule has 118 valence electrons. The van der Waals surface area contributed by atoms with Crippen LogP contribution in [0.1, 0.15) is 19.8 Å². The van der Waals surface area contributed by atoms with Crippen molar-refractivity contribution in [3.63, 3.8) is 0 Å². The molecule has 20 heavy (non-hydrogen) atoms. The quantitative estimate of drug-likeness (QED) is 0.793. The highest BCUT2D eigenvalue weighted by molar-refractivity contribution is 7.99. The third-order valence-electron chi connectivity index (χ3n) is 2.96. The topological polar surface area (TPSA) is 41.6 Å². The van der Waals surface area contributed by atoms with Crippen LogP contribution in [-0.2, 0) is 4.74 Å². The van der Waals surface area contributed by atoms with Gasteiger partial charge in [-0.05, 0) is 25.5 Å². The number of carbonyl (C=O) groups excluding carboxylic acids is 1. The second-order valence-electron chi connectivity index (χ2n) is 4.70. The molecule has 0 radical (unpaired) electrons. The van der Waals surface area contributed by atoms with Gasteiger partial charge in [0.1, 0.15) is 6.61 Å². The van der Waals surface area contributed by atoms with E-state index in [-0.39, 0.29) is 18.7 Å². The molecule has 4 nitrogen and oxygen atoms in total. The summed E-state index contributed by atoms with van der Waals surface area (Å²) in [6, 6.07) is 0.0577. The van der Waals surface area contributed by atoms with Crippen molar-refractivity contribution in [2.75, 3.05) is 37.8 Å². The largest absolute Gasteiger partial charge is 0.411 e. The molecule has 0 aliphatic carbocycles. The summed E-state index contributed by atoms with van der Waals surface area (Å²) in [7, 11) is 0. The monoisotopic (exact) mass is 314 g/mol. The number of nitrogens with zero attached hydrogens (tertiary/aromatic N) is 1. The summed E-state index contributed by atoms with van der Waals surface area (Å²) < 4.78 is 39.9. The van der Waals surface area contributed by atoms with E-state index in [0.717, 1.165) is 17.9 Å². The summed E-state index contributed by atoms with van der Waals surface area (Å²) in [5.41, 5.74) is 0. The lowest BCUT2D eigenvalue weighted by molar-refractivity contribution is -0.173. The van der Waals surface area contributed by atoms with Crippen molar-refractivity contribution < 1.29 is 22.7 Å². The van der Waals surface area contributed by atoms with Gasteiger partial charge in [-0.15, -0.1) is 0 Å². The minimum atomic E-state index is -4.29. The number of alkyl halides is 3. The van der Waals surface area contributed by atoms with Crippen LogP contribution in [-0.4, -0.2) is 61.0 Å². The Balaban J connectivity index is 2.13. The molecule has 1 rings (SSSR count). The molecular weight excluding hydrogens is 293 g/mol. The molecule has 0 aromatic rings. The Bertz CT molecular complexity index is 303. The van der Waals surface area contributed by atoms with Gasteiger partial charge in [0.15, 0.2) is 0 Å². The van der Waals surface area contributed by atoms with Gasteiger partial charge in [-0.25, -0.2) is 4.79 Å². The lowest BCUT2D eigenvalue weighted by Crippen LogP contribution is -2.45. The van der Waals surface area contributed by atoms with Crippen molar-refractivity contribution in [2.24, 2.45) is 0 Å². The number of urea groups is 1. The molecule has 0 bridgehead atoms. The van der Waals surface area contributed by atoms with Crippen LogP contribution in [0, 0.1) is 0 Å². The first kappa shape index (κ1) is 17.4. The maximum atomic E-state index is 11.9. The Morgan fingerprint density at radius 3 is 2.90 bits per heavy atom. The minimum Gasteiger partial charge on any atom is -0.372 e. The number of amides is 2. The van der Waals surface area contributed by atoms with E-state index in [2.05, 4.69) is 10.1 Å². The summed E-state index contributed by atoms with van der Waals surface area (Å²) in [6.07, 6.45) is -2.95. The van der Waals surface area contributed by atoms with Crippen molar-refractivity contribution in [2.45, 2.75) is 32.0 Å². The summed E-state index contributed by atoms with van der Waals surface area (Å²) in [5, 5.41) is 2.72. The number of rotatable bonds is 5. The molecule has 0 unspecified atom stereocenters. The smallest absolute Gasteiger partial charge is 0.372 e. The first-order valence-electron chi connectivity index (χ1n) is 6.67. The van der Waals surface area contributed by atoms with Crippen LogP contribution in [0.5, 0.6) is 0 Å². The average Bonchev–Trinajstić information content (AvgIpc) is 2.56. The zero-order chi connectivity index (χ0) is 15.0. The Kier molecular flexibility index (Phi) is 7.50. The predicted molar refractivity (Wildman–Crippen MR) is 73.0 cm³/mol. The number of hydrogen-bond acceptors (Lipinski definition) is 3. The molecule has 1 heterocycles. The zero-order valence-corrected chi connectivity index (χ0v) is 12.4. The highest BCUT2D eigenvalue weighted by Gasteiger charge is 2.27. The van der Waals surface area contributed by atoms with Crippen LogP contribution in [0.4, 0.5) is 18.0 Å². The van der Waals surface area contributed by atoms with E-state index in [9.17, 15) is 18.0 Å². The Hall–Kier alpha value is -0.630. The standard InChI is InChI=1S/C12H21F3N2O2S/c1-10-3-7-20-8-5-17(10)11(18)16-4-2-6-19-9-12(13,14)15/h10H,2-9H2,1H3,(H,16,18)/t10-/m1/s1. The van der Waals surface area contributed by atoms with Gasteiger partial charge in [0, 0.05) is 31.5 Å². The molecule has 0 aromatic heterocycles. The number of hydrogen-bond donors (Lipinski definition) is 1. The van der Waals surface area contributed by atoms with E-state index in [1.165, 1.54) is 0 Å². The molecule has 0 spiro atoms. The molecule has 0 saturated carbocycles. The number of carbonyl (C=O) groups is 1. The number of ether oxygens (including phenoxy) is 1. The average molecular weight is 314 g/mol. The van der Waals surface area contributed by atoms with Gasteiger partial charge in [0.2, 0.25) is 0 Å². The zero-order valence-electron chi connectivity index (χ0n) is 11.5. The van der Waals surface area contributed by atoms with Gasteiger partial charge < -0.3 is 15.0 Å². The van der Waals surface area contributed by atoms with Gasteiger partial charge in [0.25, 0.3) is 0 Å². The number of halogens is 3. The predicted octanol–water partition coefficient (Wildman–Crippen LogP) is 2.49. The molecule has 1 fully saturated rings. The molecular formula is C12H21F3N2O2S. The maximum absolute atomic E-state index is 11.9. The lowest BCUT2D eigenvalue weighted by atomic mass is 10.2. The molecule has 1 N–H and O–H groups in total. The van der Waals surface area contributed by atoms with Crippen molar-refractivity contribution in [1.29, 1.82) is 0 Å². The van der Waals surface area contributed by atoms with Crippen LogP contribution in [0.15, 0.2) is 0 Å². The molecule has 1 aliphatic rings. The Morgan fingerprint density at radius 2 is 2.20 bits per heavy atom. The molecule has 2 amide bonds. The van der Waals surface area contributed by atoms with E-state index in [1.54, 1.807) is 4.90 Å². The van der Waals surface area contributed by atoms with Gasteiger partial charge in [-0.1, -0.05) is 0 Å². The Morgan fingerprint density at radius 1 is 1.45 bits per heavy atom. The van der Waals surface area contributed by atoms with Crippen LogP contribution in [0.25, 0.3) is 0 Å². The summed E-state index contributed by atoms with van der Waals surface area (Å²) in [4.78, 5) is 13.7. The molecule has 1 aliphatic heterocycles. The van der Waals surface area contributed by atoms with Gasteiger partial charge >= 0.3 is 12.2 Å². The van der Waals surface area contributed by atoms with Crippen LogP contribution in [0.2, 0.25) is 0 Å². The van der Waals surface area contributed by atoms with Crippen molar-refractivity contribution >= 4 is 17.8 Å². The maximum Gasteiger partial charge on any atom is 0.411 e. The van der Waals surface area contributed by atoms with E-state index in [4.69, 9.17) is 0 Å². The normalized spacial score (nSPS) is 20.6. The molecule has 0 aromatic carbocycles. The fourth-order valence-electron chi connectivity index (χ4n) is 1.86. The molecule has 8 heteroatoms. The second-order valence-corrected chi connectivity index (χ2v) is 5.92. The minimum absolute atomic E-state index is 0.00873. The summed E-state index contributed by atoms with van der Waals surface area (Å²) >= 11 is 1.83. The van der Waals surface area contributed by atoms with E-state index in [0.29, 0.717) is 19.5 Å². The van der Waals surface area contributed by atoms with Gasteiger partial charge in [-0.2, -0.15) is 24.9 Å². The lowest BCUT2D eigenvalue weighted by Gasteiger charge is -2.27.